The standard InChI is InChI=1S/C36H20N4S7/c37-19-21(27-3-1-15-42-27)17-23-5-9-31(44-23)33-13-11-29(46-33)25-7-8-26(36(40-41)35(25)39)30-12-14-34(47-30)32-10-6-24(45-32)18-22(20-38)28-4-2-16-43-28/h1-18,39,41H/b21-17+,22-18+,39-35?,40-36-. The number of hydrogen-bond donors (Lipinski definition) is 2. The van der Waals surface area contributed by atoms with Crippen molar-refractivity contribution in [2.75, 3.05) is 0 Å². The number of nitrogens with zero attached hydrogens (tertiary/aromatic N) is 3. The molecule has 1 aliphatic carbocycles. The number of thiophene rings is 6. The molecule has 1 N–H and O–H groups in total. The third-order valence-electron chi connectivity index (χ3n) is 7.15. The highest BCUT2D eigenvalue weighted by atomic mass is 32.1. The molecule has 47 heavy (non-hydrogen) atoms. The van der Waals surface area contributed by atoms with Crippen LogP contribution in [-0.2, 0) is 0 Å². The summed E-state index contributed by atoms with van der Waals surface area (Å²) in [5.41, 5.74) is 3.89. The number of nitriles is 2. The Morgan fingerprint density at radius 2 is 1.06 bits per heavy atom. The van der Waals surface area contributed by atoms with Gasteiger partial charge in [-0.15, -0.1) is 68.0 Å². The maximum absolute atomic E-state index is 9.65. The van der Waals surface area contributed by atoms with Crippen LogP contribution in [0.3, 0.4) is 0 Å². The topological polar surface area (TPSA) is 83.8 Å². The zero-order chi connectivity index (χ0) is 32.3. The summed E-state index contributed by atoms with van der Waals surface area (Å²) in [5, 5.41) is 32.3. The Hall–Kier alpha value is -4.17. The number of rotatable bonds is 8. The first-order valence-corrected chi connectivity index (χ1v) is 19.4. The Morgan fingerprint density at radius 3 is 1.53 bits per heavy atom. The van der Waals surface area contributed by atoms with Crippen LogP contribution in [0.15, 0.2) is 100 Å². The van der Waals surface area contributed by atoms with E-state index in [1.165, 1.54) is 0 Å². The van der Waals surface area contributed by atoms with Gasteiger partial charge in [-0.2, -0.15) is 10.5 Å². The Kier molecular flexibility index (Phi) is 9.30. The van der Waals surface area contributed by atoms with Crippen LogP contribution < -0.4 is 0 Å². The van der Waals surface area contributed by atoms with Gasteiger partial charge in [-0.25, -0.2) is 4.40 Å². The van der Waals surface area contributed by atoms with Crippen molar-refractivity contribution in [1.29, 1.82) is 15.9 Å². The van der Waals surface area contributed by atoms with Crippen molar-refractivity contribution in [3.05, 3.63) is 125 Å². The lowest BCUT2D eigenvalue weighted by atomic mass is 9.92. The molecule has 0 aromatic carbocycles. The minimum atomic E-state index is 0.339. The van der Waals surface area contributed by atoms with Crippen molar-refractivity contribution in [3.8, 4) is 31.6 Å². The van der Waals surface area contributed by atoms with Crippen LogP contribution in [0.25, 0.3) is 54.0 Å². The highest BCUT2D eigenvalue weighted by Gasteiger charge is 2.25. The van der Waals surface area contributed by atoms with E-state index < -0.39 is 0 Å². The van der Waals surface area contributed by atoms with E-state index in [9.17, 15) is 10.5 Å². The molecule has 0 aliphatic heterocycles. The van der Waals surface area contributed by atoms with Crippen molar-refractivity contribution in [1.82, 2.24) is 0 Å². The SMILES string of the molecule is N#C/C(=C\c1ccc(-c2ccc(C3=CC=C(c4ccc(-c5ccc(/C=C(\C#N)c6cccs6)s5)s4)/C(=N/S)C3=N)s2)s1)c1cccs1. The van der Waals surface area contributed by atoms with Gasteiger partial charge in [0, 0.05) is 59.9 Å². The van der Waals surface area contributed by atoms with Gasteiger partial charge in [0.05, 0.1) is 16.9 Å². The lowest BCUT2D eigenvalue weighted by molar-refractivity contribution is 1.54. The zero-order valence-corrected chi connectivity index (χ0v) is 29.9. The normalized spacial score (nSPS) is 14.6. The second-order valence-electron chi connectivity index (χ2n) is 10.0. The molecule has 0 saturated carbocycles. The molecular formula is C36H20N4S7. The lowest BCUT2D eigenvalue weighted by Gasteiger charge is -2.16. The molecule has 11 heteroatoms. The summed E-state index contributed by atoms with van der Waals surface area (Å²) in [5.74, 6) is 0. The van der Waals surface area contributed by atoms with E-state index in [0.717, 1.165) is 59.9 Å². The van der Waals surface area contributed by atoms with Crippen LogP contribution in [0.5, 0.6) is 0 Å². The molecule has 6 aromatic heterocycles. The van der Waals surface area contributed by atoms with E-state index in [1.54, 1.807) is 68.0 Å². The average Bonchev–Trinajstić information content (AvgIpc) is 3.94. The van der Waals surface area contributed by atoms with Crippen LogP contribution in [0.1, 0.15) is 29.3 Å². The predicted octanol–water partition coefficient (Wildman–Crippen LogP) is 12.3. The molecule has 0 atom stereocenters. The summed E-state index contributed by atoms with van der Waals surface area (Å²) in [6.07, 6.45) is 7.91. The van der Waals surface area contributed by atoms with Crippen LogP contribution in [0, 0.1) is 28.1 Å². The largest absolute Gasteiger partial charge is 0.298 e. The van der Waals surface area contributed by atoms with Crippen molar-refractivity contribution < 1.29 is 0 Å². The molecule has 226 valence electrons. The predicted molar refractivity (Wildman–Crippen MR) is 211 cm³/mol. The molecule has 7 rings (SSSR count). The quantitative estimate of drug-likeness (QED) is 0.0927. The second-order valence-corrected chi connectivity index (χ2v) is 16.5. The Balaban J connectivity index is 1.12. The Morgan fingerprint density at radius 1 is 0.617 bits per heavy atom. The maximum Gasteiger partial charge on any atom is 0.105 e. The third kappa shape index (κ3) is 6.53. The van der Waals surface area contributed by atoms with Gasteiger partial charge in [0.2, 0.25) is 0 Å². The third-order valence-corrected chi connectivity index (χ3v) is 13.8. The highest BCUT2D eigenvalue weighted by molar-refractivity contribution is 7.79. The summed E-state index contributed by atoms with van der Waals surface area (Å²) in [7, 11) is 0. The number of hydrogen-bond acceptors (Lipinski definition) is 11. The Bertz CT molecular complexity index is 2350. The molecule has 0 unspecified atom stereocenters. The first kappa shape index (κ1) is 31.4. The van der Waals surface area contributed by atoms with Crippen LogP contribution in [-0.4, -0.2) is 11.4 Å². The van der Waals surface area contributed by atoms with E-state index >= 15 is 0 Å². The fraction of sp³-hybridized carbons (Fsp3) is 0. The van der Waals surface area contributed by atoms with E-state index in [2.05, 4.69) is 65.7 Å². The van der Waals surface area contributed by atoms with Gasteiger partial charge in [-0.1, -0.05) is 24.3 Å². The summed E-state index contributed by atoms with van der Waals surface area (Å²) in [6, 6.07) is 29.1. The van der Waals surface area contributed by atoms with E-state index in [4.69, 9.17) is 5.41 Å². The molecule has 6 aromatic rings. The fourth-order valence-corrected chi connectivity index (χ4v) is 10.7. The van der Waals surface area contributed by atoms with E-state index in [-0.39, 0.29) is 0 Å². The van der Waals surface area contributed by atoms with Crippen molar-refractivity contribution in [2.24, 2.45) is 4.40 Å². The number of nitrogens with one attached hydrogen (secondary N) is 1. The van der Waals surface area contributed by atoms with Crippen LogP contribution in [0.4, 0.5) is 0 Å². The van der Waals surface area contributed by atoms with Gasteiger partial charge in [0.15, 0.2) is 0 Å². The molecular weight excluding hydrogens is 713 g/mol. The van der Waals surface area contributed by atoms with E-state index in [0.29, 0.717) is 22.6 Å². The Labute approximate surface area is 301 Å². The van der Waals surface area contributed by atoms with Gasteiger partial charge in [0.25, 0.3) is 0 Å². The monoisotopic (exact) mass is 732 g/mol. The minimum Gasteiger partial charge on any atom is -0.298 e. The first-order valence-electron chi connectivity index (χ1n) is 14.0. The van der Waals surface area contributed by atoms with Gasteiger partial charge in [-0.3, -0.25) is 5.41 Å². The van der Waals surface area contributed by atoms with Crippen molar-refractivity contribution >= 4 is 127 Å². The smallest absolute Gasteiger partial charge is 0.105 e. The summed E-state index contributed by atoms with van der Waals surface area (Å²) in [6.45, 7) is 0. The van der Waals surface area contributed by atoms with Gasteiger partial charge < -0.3 is 0 Å². The minimum absolute atomic E-state index is 0.339. The highest BCUT2D eigenvalue weighted by Crippen LogP contribution is 2.41. The first-order chi connectivity index (χ1) is 23.0. The average molecular weight is 733 g/mol. The molecule has 0 fully saturated rings. The number of allylic oxidation sites excluding steroid dienone is 6. The summed E-state index contributed by atoms with van der Waals surface area (Å²) >= 11 is 14.0. The maximum atomic E-state index is 9.65. The molecule has 0 spiro atoms. The van der Waals surface area contributed by atoms with Gasteiger partial charge in [-0.05, 0) is 96.4 Å². The number of thiol groups is 1. The van der Waals surface area contributed by atoms with Gasteiger partial charge in [0.1, 0.15) is 17.9 Å². The fourth-order valence-electron chi connectivity index (χ4n) is 4.92. The van der Waals surface area contributed by atoms with Gasteiger partial charge >= 0.3 is 0 Å². The molecule has 0 saturated heterocycles. The van der Waals surface area contributed by atoms with Crippen LogP contribution >= 0.6 is 80.8 Å². The lowest BCUT2D eigenvalue weighted by Crippen LogP contribution is -2.18. The molecule has 0 bridgehead atoms. The summed E-state index contributed by atoms with van der Waals surface area (Å²) in [4.78, 5) is 10.4. The van der Waals surface area contributed by atoms with Crippen molar-refractivity contribution in [3.63, 3.8) is 0 Å². The molecule has 0 radical (unpaired) electrons. The second kappa shape index (κ2) is 13.9. The molecule has 6 heterocycles. The molecule has 4 nitrogen and oxygen atoms in total. The molecule has 0 amide bonds. The molecule has 1 aliphatic rings. The zero-order valence-electron chi connectivity index (χ0n) is 24.1. The summed E-state index contributed by atoms with van der Waals surface area (Å²) < 4.78 is 4.26. The van der Waals surface area contributed by atoms with Crippen molar-refractivity contribution in [2.45, 2.75) is 0 Å². The van der Waals surface area contributed by atoms with Crippen LogP contribution in [0.2, 0.25) is 0 Å². The van der Waals surface area contributed by atoms with E-state index in [1.807, 2.05) is 71.5 Å².